The van der Waals surface area contributed by atoms with Gasteiger partial charge in [-0.2, -0.15) is 8.42 Å². The van der Waals surface area contributed by atoms with Crippen molar-refractivity contribution < 1.29 is 13.0 Å². The molecule has 3 rings (SSSR count). The van der Waals surface area contributed by atoms with Gasteiger partial charge in [-0.15, -0.1) is 0 Å². The van der Waals surface area contributed by atoms with E-state index >= 15 is 0 Å². The van der Waals surface area contributed by atoms with Crippen LogP contribution < -0.4 is 4.48 Å². The summed E-state index contributed by atoms with van der Waals surface area (Å²) in [6.07, 6.45) is 3.45. The number of fused-ring (bicyclic) bond motifs is 3. The van der Waals surface area contributed by atoms with Crippen LogP contribution in [-0.4, -0.2) is 55.5 Å². The molecule has 0 amide bonds. The fourth-order valence-electron chi connectivity index (χ4n) is 1.53. The standard InChI is InChI=1S/C9H7AsN4.C2H6O3S/c10-9-8-7(12-4-13-8)6-5(14-9)2-1-3-11-6;1-2-6(3,4)5/h1-4H,10H2,(H,12,13);2H2,1H3,(H,3,4,5). The zero-order valence-corrected chi connectivity index (χ0v) is 13.8. The third-order valence-corrected chi connectivity index (χ3v) is 4.09. The van der Waals surface area contributed by atoms with E-state index in [1.54, 1.807) is 12.5 Å². The molecule has 0 bridgehead atoms. The van der Waals surface area contributed by atoms with Gasteiger partial charge in [0.15, 0.2) is 0 Å². The molecule has 3 aromatic heterocycles. The minimum atomic E-state index is -3.66. The van der Waals surface area contributed by atoms with Crippen molar-refractivity contribution in [3.05, 3.63) is 24.7 Å². The van der Waals surface area contributed by atoms with Gasteiger partial charge in [0.05, 0.1) is 5.75 Å². The molecular weight excluding hydrogens is 343 g/mol. The molecule has 106 valence electrons. The minimum absolute atomic E-state index is 0.201. The van der Waals surface area contributed by atoms with Crippen LogP contribution in [0.25, 0.3) is 22.1 Å². The molecule has 0 saturated heterocycles. The summed E-state index contributed by atoms with van der Waals surface area (Å²) in [6, 6.07) is 3.86. The van der Waals surface area contributed by atoms with Crippen LogP contribution in [0.4, 0.5) is 0 Å². The Morgan fingerprint density at radius 3 is 2.70 bits per heavy atom. The van der Waals surface area contributed by atoms with E-state index in [0.717, 1.165) is 26.5 Å². The molecule has 0 spiro atoms. The summed E-state index contributed by atoms with van der Waals surface area (Å²) in [4.78, 5) is 16.1. The second-order valence-electron chi connectivity index (χ2n) is 3.86. The van der Waals surface area contributed by atoms with Crippen LogP contribution in [0.1, 0.15) is 6.92 Å². The van der Waals surface area contributed by atoms with Gasteiger partial charge in [-0.1, -0.05) is 0 Å². The van der Waals surface area contributed by atoms with E-state index in [4.69, 9.17) is 4.55 Å². The maximum atomic E-state index is 9.56. The fraction of sp³-hybridized carbons (Fsp3) is 0.182. The van der Waals surface area contributed by atoms with Crippen LogP contribution in [0.5, 0.6) is 0 Å². The second kappa shape index (κ2) is 5.86. The van der Waals surface area contributed by atoms with Crippen LogP contribution >= 0.6 is 0 Å². The average Bonchev–Trinajstić information content (AvgIpc) is 2.89. The summed E-state index contributed by atoms with van der Waals surface area (Å²) < 4.78 is 27.9. The number of nitrogens with zero attached hydrogens (tertiary/aromatic N) is 3. The van der Waals surface area contributed by atoms with E-state index < -0.39 is 10.1 Å². The molecular formula is C11H13AsN4O3S. The van der Waals surface area contributed by atoms with Crippen molar-refractivity contribution in [2.45, 2.75) is 6.92 Å². The van der Waals surface area contributed by atoms with Crippen molar-refractivity contribution in [1.82, 2.24) is 19.9 Å². The van der Waals surface area contributed by atoms with Crippen molar-refractivity contribution in [3.63, 3.8) is 0 Å². The van der Waals surface area contributed by atoms with Crippen LogP contribution in [0, 0.1) is 0 Å². The summed E-state index contributed by atoms with van der Waals surface area (Å²) in [5.74, 6) is -0.201. The molecule has 0 radical (unpaired) electrons. The molecule has 0 aliphatic carbocycles. The van der Waals surface area contributed by atoms with Gasteiger partial charge in [0.25, 0.3) is 10.1 Å². The molecule has 7 nitrogen and oxygen atoms in total. The Kier molecular flexibility index (Phi) is 4.37. The molecule has 0 saturated carbocycles. The Morgan fingerprint density at radius 1 is 1.35 bits per heavy atom. The second-order valence-corrected chi connectivity index (χ2v) is 6.75. The molecule has 2 N–H and O–H groups in total. The van der Waals surface area contributed by atoms with Gasteiger partial charge in [0.2, 0.25) is 0 Å². The number of H-pyrrole nitrogens is 1. The molecule has 1 atom stereocenters. The number of hydrogen-bond acceptors (Lipinski definition) is 5. The van der Waals surface area contributed by atoms with Crippen molar-refractivity contribution in [2.24, 2.45) is 0 Å². The molecule has 0 aliphatic heterocycles. The molecule has 3 aromatic rings. The number of pyridine rings is 2. The van der Waals surface area contributed by atoms with E-state index in [1.165, 1.54) is 23.8 Å². The van der Waals surface area contributed by atoms with Crippen molar-refractivity contribution in [1.29, 1.82) is 0 Å². The zero-order chi connectivity index (χ0) is 14.8. The molecule has 20 heavy (non-hydrogen) atoms. The Hall–Kier alpha value is -1.50. The van der Waals surface area contributed by atoms with E-state index in [0.29, 0.717) is 0 Å². The zero-order valence-electron chi connectivity index (χ0n) is 10.6. The molecule has 1 unspecified atom stereocenters. The molecule has 3 heterocycles. The van der Waals surface area contributed by atoms with Gasteiger partial charge in [-0.25, -0.2) is 0 Å². The van der Waals surface area contributed by atoms with E-state index in [9.17, 15) is 8.42 Å². The Morgan fingerprint density at radius 2 is 2.05 bits per heavy atom. The number of rotatable bonds is 1. The van der Waals surface area contributed by atoms with Crippen molar-refractivity contribution in [3.8, 4) is 0 Å². The van der Waals surface area contributed by atoms with E-state index in [1.807, 2.05) is 12.1 Å². The van der Waals surface area contributed by atoms with Gasteiger partial charge < -0.3 is 0 Å². The fourth-order valence-corrected chi connectivity index (χ4v) is 2.28. The Balaban J connectivity index is 0.000000212. The normalized spacial score (nSPS) is 11.3. The van der Waals surface area contributed by atoms with Crippen molar-refractivity contribution in [2.75, 3.05) is 5.75 Å². The predicted octanol–water partition coefficient (Wildman–Crippen LogP) is -0.341. The summed E-state index contributed by atoms with van der Waals surface area (Å²) in [5, 5.41) is 0. The number of hydrogen-bond donors (Lipinski definition) is 2. The first-order chi connectivity index (χ1) is 9.42. The van der Waals surface area contributed by atoms with Gasteiger partial charge in [0, 0.05) is 0 Å². The quantitative estimate of drug-likeness (QED) is 0.456. The summed E-state index contributed by atoms with van der Waals surface area (Å²) in [6.45, 7) is 1.37. The maximum absolute atomic E-state index is 9.56. The van der Waals surface area contributed by atoms with Gasteiger partial charge in [0.1, 0.15) is 0 Å². The van der Waals surface area contributed by atoms with Crippen LogP contribution in [0.3, 0.4) is 0 Å². The first-order valence-corrected chi connectivity index (χ1v) is 8.53. The predicted molar refractivity (Wildman–Crippen MR) is 79.5 cm³/mol. The topological polar surface area (TPSA) is 109 Å². The number of imidazole rings is 1. The van der Waals surface area contributed by atoms with Crippen LogP contribution in [0.2, 0.25) is 0 Å². The summed E-state index contributed by atoms with van der Waals surface area (Å²) in [5.41, 5.74) is 3.72. The number of aromatic nitrogens is 4. The molecule has 9 heteroatoms. The Labute approximate surface area is 124 Å². The van der Waals surface area contributed by atoms with Gasteiger partial charge in [-0.3, -0.25) is 4.55 Å². The van der Waals surface area contributed by atoms with Crippen LogP contribution in [-0.2, 0) is 10.1 Å². The van der Waals surface area contributed by atoms with E-state index in [2.05, 4.69) is 19.9 Å². The summed E-state index contributed by atoms with van der Waals surface area (Å²) >= 11 is 1.48. The molecule has 0 fully saturated rings. The third-order valence-electron chi connectivity index (χ3n) is 2.51. The van der Waals surface area contributed by atoms with Gasteiger partial charge >= 0.3 is 88.0 Å². The van der Waals surface area contributed by atoms with Crippen LogP contribution in [0.15, 0.2) is 24.7 Å². The third kappa shape index (κ3) is 3.33. The molecule has 0 aliphatic rings. The number of aromatic amines is 1. The molecule has 0 aromatic carbocycles. The van der Waals surface area contributed by atoms with Crippen molar-refractivity contribution >= 4 is 53.5 Å². The van der Waals surface area contributed by atoms with Gasteiger partial charge in [-0.05, 0) is 6.92 Å². The first kappa shape index (κ1) is 14.9. The average molecular weight is 356 g/mol. The summed E-state index contributed by atoms with van der Waals surface area (Å²) in [7, 11) is -3.66. The SMILES string of the molecule is CCS(=O)(=O)O.[AsH2]c1nc2cccnc2c2[nH]cnc12. The monoisotopic (exact) mass is 356 g/mol. The Bertz CT molecular complexity index is 847. The first-order valence-electron chi connectivity index (χ1n) is 5.71. The van der Waals surface area contributed by atoms with E-state index in [-0.39, 0.29) is 5.75 Å². The number of nitrogens with one attached hydrogen (secondary N) is 1.